The van der Waals surface area contributed by atoms with Crippen LogP contribution in [0.15, 0.2) is 54.6 Å². The van der Waals surface area contributed by atoms with Crippen LogP contribution in [0.1, 0.15) is 18.4 Å². The number of likely N-dealkylation sites (tertiary alicyclic amines) is 1. The molecule has 1 saturated heterocycles. The summed E-state index contributed by atoms with van der Waals surface area (Å²) in [4.78, 5) is 14.3. The van der Waals surface area contributed by atoms with Crippen molar-refractivity contribution in [3.63, 3.8) is 0 Å². The van der Waals surface area contributed by atoms with Crippen molar-refractivity contribution in [3.8, 4) is 0 Å². The average molecular weight is 312 g/mol. The number of rotatable bonds is 4. The first-order valence-electron chi connectivity index (χ1n) is 8.04. The molecule has 0 radical (unpaired) electrons. The van der Waals surface area contributed by atoms with Crippen LogP contribution in [-0.4, -0.2) is 29.9 Å². The SMILES string of the molecule is O=C(Cc1ccccc1)N1CCC(Nc2cccc(F)c2)CC1. The third-order valence-corrected chi connectivity index (χ3v) is 4.24. The van der Waals surface area contributed by atoms with Crippen LogP contribution >= 0.6 is 0 Å². The number of nitrogens with zero attached hydrogens (tertiary/aromatic N) is 1. The van der Waals surface area contributed by atoms with Crippen LogP contribution in [0, 0.1) is 5.82 Å². The zero-order valence-electron chi connectivity index (χ0n) is 13.0. The first kappa shape index (κ1) is 15.5. The highest BCUT2D eigenvalue weighted by Gasteiger charge is 2.22. The fourth-order valence-corrected chi connectivity index (χ4v) is 2.97. The van der Waals surface area contributed by atoms with Gasteiger partial charge in [0.05, 0.1) is 6.42 Å². The molecule has 1 N–H and O–H groups in total. The lowest BCUT2D eigenvalue weighted by atomic mass is 10.0. The zero-order chi connectivity index (χ0) is 16.1. The molecule has 3 nitrogen and oxygen atoms in total. The van der Waals surface area contributed by atoms with Gasteiger partial charge in [0, 0.05) is 24.8 Å². The van der Waals surface area contributed by atoms with Gasteiger partial charge in [-0.3, -0.25) is 4.79 Å². The number of hydrogen-bond acceptors (Lipinski definition) is 2. The summed E-state index contributed by atoms with van der Waals surface area (Å²) in [5, 5.41) is 3.35. The molecule has 2 aromatic rings. The van der Waals surface area contributed by atoms with E-state index in [-0.39, 0.29) is 17.8 Å². The molecule has 23 heavy (non-hydrogen) atoms. The van der Waals surface area contributed by atoms with E-state index in [1.165, 1.54) is 12.1 Å². The minimum atomic E-state index is -0.231. The first-order valence-corrected chi connectivity index (χ1v) is 8.04. The molecule has 1 aliphatic rings. The van der Waals surface area contributed by atoms with E-state index in [4.69, 9.17) is 0 Å². The molecule has 1 heterocycles. The first-order chi connectivity index (χ1) is 11.2. The van der Waals surface area contributed by atoms with Crippen LogP contribution in [-0.2, 0) is 11.2 Å². The molecule has 2 aromatic carbocycles. The topological polar surface area (TPSA) is 32.3 Å². The van der Waals surface area contributed by atoms with E-state index in [9.17, 15) is 9.18 Å². The second-order valence-corrected chi connectivity index (χ2v) is 5.97. The van der Waals surface area contributed by atoms with Crippen molar-refractivity contribution >= 4 is 11.6 Å². The van der Waals surface area contributed by atoms with Gasteiger partial charge in [-0.15, -0.1) is 0 Å². The lowest BCUT2D eigenvalue weighted by molar-refractivity contribution is -0.131. The Balaban J connectivity index is 1.49. The van der Waals surface area contributed by atoms with E-state index < -0.39 is 0 Å². The number of amides is 1. The average Bonchev–Trinajstić information content (AvgIpc) is 2.56. The number of piperidine rings is 1. The van der Waals surface area contributed by atoms with Crippen LogP contribution in [0.2, 0.25) is 0 Å². The number of halogens is 1. The molecule has 120 valence electrons. The predicted octanol–water partition coefficient (Wildman–Crippen LogP) is 3.47. The molecule has 3 rings (SSSR count). The number of anilines is 1. The summed E-state index contributed by atoms with van der Waals surface area (Å²) in [6.45, 7) is 1.50. The summed E-state index contributed by atoms with van der Waals surface area (Å²) in [5.41, 5.74) is 1.86. The Labute approximate surface area is 136 Å². The molecular formula is C19H21FN2O. The zero-order valence-corrected chi connectivity index (χ0v) is 13.0. The number of hydrogen-bond donors (Lipinski definition) is 1. The van der Waals surface area contributed by atoms with Crippen molar-refractivity contribution in [1.29, 1.82) is 0 Å². The van der Waals surface area contributed by atoms with Gasteiger partial charge < -0.3 is 10.2 Å². The van der Waals surface area contributed by atoms with Gasteiger partial charge in [0.15, 0.2) is 0 Å². The van der Waals surface area contributed by atoms with Gasteiger partial charge in [-0.2, -0.15) is 0 Å². The van der Waals surface area contributed by atoms with Crippen molar-refractivity contribution < 1.29 is 9.18 Å². The summed E-state index contributed by atoms with van der Waals surface area (Å²) in [5.74, 6) is -0.0501. The molecular weight excluding hydrogens is 291 g/mol. The van der Waals surface area contributed by atoms with Crippen molar-refractivity contribution in [2.24, 2.45) is 0 Å². The van der Waals surface area contributed by atoms with Crippen molar-refractivity contribution in [2.75, 3.05) is 18.4 Å². The molecule has 0 aliphatic carbocycles. The maximum Gasteiger partial charge on any atom is 0.226 e. The fourth-order valence-electron chi connectivity index (χ4n) is 2.97. The van der Waals surface area contributed by atoms with E-state index in [1.807, 2.05) is 41.3 Å². The predicted molar refractivity (Wildman–Crippen MR) is 89.8 cm³/mol. The molecule has 0 atom stereocenters. The highest BCUT2D eigenvalue weighted by Crippen LogP contribution is 2.18. The van der Waals surface area contributed by atoms with Gasteiger partial charge in [-0.1, -0.05) is 36.4 Å². The molecule has 1 amide bonds. The molecule has 4 heteroatoms. The second-order valence-electron chi connectivity index (χ2n) is 5.97. The van der Waals surface area contributed by atoms with Crippen LogP contribution in [0.5, 0.6) is 0 Å². The Morgan fingerprint density at radius 3 is 2.52 bits per heavy atom. The van der Waals surface area contributed by atoms with Gasteiger partial charge in [0.25, 0.3) is 0 Å². The smallest absolute Gasteiger partial charge is 0.226 e. The van der Waals surface area contributed by atoms with Crippen LogP contribution < -0.4 is 5.32 Å². The normalized spacial score (nSPS) is 15.4. The van der Waals surface area contributed by atoms with Gasteiger partial charge >= 0.3 is 0 Å². The minimum absolute atomic E-state index is 0.181. The van der Waals surface area contributed by atoms with Crippen molar-refractivity contribution in [3.05, 3.63) is 66.0 Å². The Morgan fingerprint density at radius 1 is 1.09 bits per heavy atom. The Morgan fingerprint density at radius 2 is 1.83 bits per heavy atom. The molecule has 1 aliphatic heterocycles. The van der Waals surface area contributed by atoms with Gasteiger partial charge in [0.1, 0.15) is 5.82 Å². The number of nitrogens with one attached hydrogen (secondary N) is 1. The Kier molecular flexibility index (Phi) is 4.91. The molecule has 1 fully saturated rings. The Bertz CT molecular complexity index is 651. The minimum Gasteiger partial charge on any atom is -0.382 e. The highest BCUT2D eigenvalue weighted by atomic mass is 19.1. The van der Waals surface area contributed by atoms with E-state index in [2.05, 4.69) is 5.32 Å². The summed E-state index contributed by atoms with van der Waals surface area (Å²) >= 11 is 0. The van der Waals surface area contributed by atoms with Crippen LogP contribution in [0.3, 0.4) is 0 Å². The maximum atomic E-state index is 13.2. The van der Waals surface area contributed by atoms with Crippen molar-refractivity contribution in [2.45, 2.75) is 25.3 Å². The van der Waals surface area contributed by atoms with E-state index in [1.54, 1.807) is 6.07 Å². The monoisotopic (exact) mass is 312 g/mol. The lowest BCUT2D eigenvalue weighted by Crippen LogP contribution is -2.43. The van der Waals surface area contributed by atoms with Crippen LogP contribution in [0.25, 0.3) is 0 Å². The Hall–Kier alpha value is -2.36. The summed E-state index contributed by atoms with van der Waals surface area (Å²) in [6, 6.07) is 16.6. The van der Waals surface area contributed by atoms with Crippen molar-refractivity contribution in [1.82, 2.24) is 4.90 Å². The summed E-state index contributed by atoms with van der Waals surface area (Å²) in [7, 11) is 0. The number of carbonyl (C=O) groups excluding carboxylic acids is 1. The lowest BCUT2D eigenvalue weighted by Gasteiger charge is -2.33. The second kappa shape index (κ2) is 7.27. The van der Waals surface area contributed by atoms with Gasteiger partial charge in [0.2, 0.25) is 5.91 Å². The van der Waals surface area contributed by atoms with E-state index in [0.717, 1.165) is 37.2 Å². The maximum absolute atomic E-state index is 13.2. The third-order valence-electron chi connectivity index (χ3n) is 4.24. The van der Waals surface area contributed by atoms with Gasteiger partial charge in [-0.25, -0.2) is 4.39 Å². The quantitative estimate of drug-likeness (QED) is 0.937. The summed E-state index contributed by atoms with van der Waals surface area (Å²) in [6.07, 6.45) is 2.23. The van der Waals surface area contributed by atoms with Gasteiger partial charge in [-0.05, 0) is 36.6 Å². The molecule has 0 bridgehead atoms. The van der Waals surface area contributed by atoms with E-state index in [0.29, 0.717) is 6.42 Å². The molecule has 0 aromatic heterocycles. The van der Waals surface area contributed by atoms with Crippen LogP contribution in [0.4, 0.5) is 10.1 Å². The third kappa shape index (κ3) is 4.31. The molecule has 0 saturated carbocycles. The standard InChI is InChI=1S/C19H21FN2O/c20-16-7-4-8-18(14-16)21-17-9-11-22(12-10-17)19(23)13-15-5-2-1-3-6-15/h1-8,14,17,21H,9-13H2. The molecule has 0 unspecified atom stereocenters. The summed E-state index contributed by atoms with van der Waals surface area (Å²) < 4.78 is 13.2. The number of benzene rings is 2. The molecule has 0 spiro atoms. The van der Waals surface area contributed by atoms with E-state index >= 15 is 0 Å². The highest BCUT2D eigenvalue weighted by molar-refractivity contribution is 5.78. The largest absolute Gasteiger partial charge is 0.382 e. The fraction of sp³-hybridized carbons (Fsp3) is 0.316. The number of carbonyl (C=O) groups is 1.